The number of ether oxygens (including phenoxy) is 1. The van der Waals surface area contributed by atoms with Crippen molar-refractivity contribution in [1.82, 2.24) is 0 Å². The number of benzene rings is 2. The average molecular weight is 380 g/mol. The van der Waals surface area contributed by atoms with Crippen molar-refractivity contribution < 1.29 is 27.8 Å². The lowest BCUT2D eigenvalue weighted by Gasteiger charge is -2.45. The van der Waals surface area contributed by atoms with Crippen LogP contribution in [0.2, 0.25) is 0 Å². The van der Waals surface area contributed by atoms with Crippen LogP contribution in [-0.2, 0) is 16.4 Å². The molecule has 6 heteroatoms. The molecule has 0 bridgehead atoms. The molecule has 0 saturated carbocycles. The SMILES string of the molecule is COc1cccc(C(CC(=O)O)(c2ccc(C(F)(F)F)cc2)C(C)(C)C)c1. The molecule has 2 rings (SSSR count). The van der Waals surface area contributed by atoms with Gasteiger partial charge in [0, 0.05) is 5.41 Å². The lowest BCUT2D eigenvalue weighted by atomic mass is 9.57. The van der Waals surface area contributed by atoms with Crippen molar-refractivity contribution >= 4 is 5.97 Å². The van der Waals surface area contributed by atoms with Gasteiger partial charge in [0.25, 0.3) is 0 Å². The standard InChI is InChI=1S/C21H23F3O3/c1-19(2,3)20(13-18(25)26,16-6-5-7-17(12-16)27-4)14-8-10-15(11-9-14)21(22,23)24/h5-12H,13H2,1-4H3,(H,25,26). The number of carboxylic acid groups (broad SMARTS) is 1. The molecule has 3 nitrogen and oxygen atoms in total. The minimum absolute atomic E-state index is 0.269. The lowest BCUT2D eigenvalue weighted by molar-refractivity contribution is -0.139. The topological polar surface area (TPSA) is 46.5 Å². The third-order valence-corrected chi connectivity index (χ3v) is 4.96. The largest absolute Gasteiger partial charge is 0.497 e. The molecule has 1 atom stereocenters. The molecule has 0 spiro atoms. The number of hydrogen-bond donors (Lipinski definition) is 1. The Hall–Kier alpha value is -2.50. The van der Waals surface area contributed by atoms with E-state index in [1.807, 2.05) is 20.8 Å². The van der Waals surface area contributed by atoms with E-state index in [0.29, 0.717) is 16.9 Å². The van der Waals surface area contributed by atoms with Crippen LogP contribution in [0.15, 0.2) is 48.5 Å². The molecule has 0 amide bonds. The van der Waals surface area contributed by atoms with E-state index < -0.39 is 28.5 Å². The highest BCUT2D eigenvalue weighted by atomic mass is 19.4. The number of hydrogen-bond acceptors (Lipinski definition) is 2. The van der Waals surface area contributed by atoms with E-state index in [2.05, 4.69) is 0 Å². The first kappa shape index (κ1) is 20.8. The first-order valence-corrected chi connectivity index (χ1v) is 8.46. The van der Waals surface area contributed by atoms with Crippen LogP contribution in [0.4, 0.5) is 13.2 Å². The van der Waals surface area contributed by atoms with Crippen molar-refractivity contribution in [2.75, 3.05) is 7.11 Å². The zero-order valence-corrected chi connectivity index (χ0v) is 15.7. The summed E-state index contributed by atoms with van der Waals surface area (Å²) < 4.78 is 44.2. The molecule has 0 aliphatic carbocycles. The molecule has 0 aliphatic rings. The predicted molar refractivity (Wildman–Crippen MR) is 96.9 cm³/mol. The van der Waals surface area contributed by atoms with Gasteiger partial charge in [-0.25, -0.2) is 0 Å². The minimum atomic E-state index is -4.45. The Balaban J connectivity index is 2.77. The summed E-state index contributed by atoms with van der Waals surface area (Å²) in [4.78, 5) is 11.8. The van der Waals surface area contributed by atoms with Gasteiger partial charge in [0.05, 0.1) is 19.1 Å². The first-order chi connectivity index (χ1) is 12.4. The summed E-state index contributed by atoms with van der Waals surface area (Å²) in [6.07, 6.45) is -4.72. The van der Waals surface area contributed by atoms with Crippen molar-refractivity contribution in [3.05, 3.63) is 65.2 Å². The third kappa shape index (κ3) is 4.10. The molecular formula is C21H23F3O3. The van der Waals surface area contributed by atoms with Crippen LogP contribution >= 0.6 is 0 Å². The zero-order valence-electron chi connectivity index (χ0n) is 15.7. The van der Waals surface area contributed by atoms with Crippen molar-refractivity contribution in [2.24, 2.45) is 5.41 Å². The van der Waals surface area contributed by atoms with Gasteiger partial charge in [-0.15, -0.1) is 0 Å². The van der Waals surface area contributed by atoms with Gasteiger partial charge in [-0.3, -0.25) is 4.79 Å². The Morgan fingerprint density at radius 1 is 0.963 bits per heavy atom. The quantitative estimate of drug-likeness (QED) is 0.743. The summed E-state index contributed by atoms with van der Waals surface area (Å²) in [5, 5.41) is 9.63. The summed E-state index contributed by atoms with van der Waals surface area (Å²) in [7, 11) is 1.51. The van der Waals surface area contributed by atoms with Crippen molar-refractivity contribution in [2.45, 2.75) is 38.8 Å². The van der Waals surface area contributed by atoms with E-state index in [4.69, 9.17) is 4.74 Å². The second-order valence-electron chi connectivity index (χ2n) is 7.53. The van der Waals surface area contributed by atoms with Crippen LogP contribution in [0.1, 0.15) is 43.9 Å². The monoisotopic (exact) mass is 380 g/mol. The van der Waals surface area contributed by atoms with Gasteiger partial charge in [0.2, 0.25) is 0 Å². The number of aliphatic carboxylic acids is 1. The predicted octanol–water partition coefficient (Wildman–Crippen LogP) is 5.52. The van der Waals surface area contributed by atoms with E-state index in [0.717, 1.165) is 12.1 Å². The van der Waals surface area contributed by atoms with Crippen molar-refractivity contribution in [3.8, 4) is 5.75 Å². The Morgan fingerprint density at radius 3 is 1.96 bits per heavy atom. The molecule has 0 heterocycles. The highest BCUT2D eigenvalue weighted by Gasteiger charge is 2.47. The Labute approximate surface area is 156 Å². The smallest absolute Gasteiger partial charge is 0.416 e. The van der Waals surface area contributed by atoms with Crippen LogP contribution in [0.5, 0.6) is 5.75 Å². The van der Waals surface area contributed by atoms with Crippen LogP contribution in [-0.4, -0.2) is 18.2 Å². The van der Waals surface area contributed by atoms with Crippen LogP contribution < -0.4 is 4.74 Å². The Morgan fingerprint density at radius 2 is 1.52 bits per heavy atom. The third-order valence-electron chi connectivity index (χ3n) is 4.96. The molecule has 1 N–H and O–H groups in total. The van der Waals surface area contributed by atoms with Gasteiger partial charge < -0.3 is 9.84 Å². The molecule has 0 aromatic heterocycles. The maximum absolute atomic E-state index is 13.0. The fourth-order valence-electron chi connectivity index (χ4n) is 3.56. The molecule has 0 saturated heterocycles. The van der Waals surface area contributed by atoms with Gasteiger partial charge in [0.1, 0.15) is 5.75 Å². The number of methoxy groups -OCH3 is 1. The van der Waals surface area contributed by atoms with E-state index in [1.165, 1.54) is 19.2 Å². The molecule has 1 unspecified atom stereocenters. The zero-order chi connectivity index (χ0) is 20.5. The second kappa shape index (κ2) is 7.25. The molecule has 0 radical (unpaired) electrons. The van der Waals surface area contributed by atoms with Crippen molar-refractivity contribution in [3.63, 3.8) is 0 Å². The molecular weight excluding hydrogens is 357 g/mol. The van der Waals surface area contributed by atoms with Crippen LogP contribution in [0.3, 0.4) is 0 Å². The molecule has 27 heavy (non-hydrogen) atoms. The van der Waals surface area contributed by atoms with E-state index in [1.54, 1.807) is 24.3 Å². The van der Waals surface area contributed by atoms with Gasteiger partial charge in [-0.2, -0.15) is 13.2 Å². The van der Waals surface area contributed by atoms with E-state index >= 15 is 0 Å². The molecule has 146 valence electrons. The number of carboxylic acids is 1. The summed E-state index contributed by atoms with van der Waals surface area (Å²) >= 11 is 0. The lowest BCUT2D eigenvalue weighted by Crippen LogP contribution is -2.43. The highest BCUT2D eigenvalue weighted by Crippen LogP contribution is 2.50. The molecule has 0 fully saturated rings. The molecule has 2 aromatic carbocycles. The maximum atomic E-state index is 13.0. The van der Waals surface area contributed by atoms with E-state index in [9.17, 15) is 23.1 Å². The van der Waals surface area contributed by atoms with Gasteiger partial charge in [-0.05, 0) is 40.8 Å². The Kier molecular flexibility index (Phi) is 5.59. The minimum Gasteiger partial charge on any atom is -0.497 e. The number of rotatable bonds is 5. The molecule has 2 aromatic rings. The number of carbonyl (C=O) groups is 1. The maximum Gasteiger partial charge on any atom is 0.416 e. The molecule has 0 aliphatic heterocycles. The van der Waals surface area contributed by atoms with Crippen LogP contribution in [0.25, 0.3) is 0 Å². The van der Waals surface area contributed by atoms with Gasteiger partial charge in [-0.1, -0.05) is 45.0 Å². The fourth-order valence-corrected chi connectivity index (χ4v) is 3.56. The van der Waals surface area contributed by atoms with Gasteiger partial charge in [0.15, 0.2) is 0 Å². The van der Waals surface area contributed by atoms with Crippen LogP contribution in [0, 0.1) is 5.41 Å². The summed E-state index contributed by atoms with van der Waals surface area (Å²) in [5.41, 5.74) is -1.22. The Bertz CT molecular complexity index is 805. The summed E-state index contributed by atoms with van der Waals surface area (Å²) in [6.45, 7) is 5.65. The summed E-state index contributed by atoms with van der Waals surface area (Å²) in [5.74, 6) is -0.480. The summed E-state index contributed by atoms with van der Waals surface area (Å²) in [6, 6.07) is 11.8. The normalized spacial score (nSPS) is 14.5. The highest BCUT2D eigenvalue weighted by molar-refractivity contribution is 5.71. The first-order valence-electron chi connectivity index (χ1n) is 8.46. The number of alkyl halides is 3. The average Bonchev–Trinajstić information content (AvgIpc) is 2.58. The number of halogens is 3. The second-order valence-corrected chi connectivity index (χ2v) is 7.53. The van der Waals surface area contributed by atoms with Crippen molar-refractivity contribution in [1.29, 1.82) is 0 Å². The fraction of sp³-hybridized carbons (Fsp3) is 0.381. The van der Waals surface area contributed by atoms with E-state index in [-0.39, 0.29) is 6.42 Å². The van der Waals surface area contributed by atoms with Gasteiger partial charge >= 0.3 is 12.1 Å².